The van der Waals surface area contributed by atoms with Crippen LogP contribution in [0.3, 0.4) is 0 Å². The molecule has 0 aliphatic carbocycles. The zero-order chi connectivity index (χ0) is 20.8. The van der Waals surface area contributed by atoms with E-state index in [1.165, 1.54) is 11.3 Å². The van der Waals surface area contributed by atoms with Crippen molar-refractivity contribution in [2.24, 2.45) is 5.73 Å². The lowest BCUT2D eigenvalue weighted by molar-refractivity contribution is -0.115. The van der Waals surface area contributed by atoms with Gasteiger partial charge in [0.2, 0.25) is 5.91 Å². The molecule has 0 spiro atoms. The molecule has 2 N–H and O–H groups in total. The second kappa shape index (κ2) is 7.47. The number of thiophene rings is 1. The maximum Gasteiger partial charge on any atom is 0.267 e. The zero-order valence-corrected chi connectivity index (χ0v) is 18.0. The Hall–Kier alpha value is -2.36. The van der Waals surface area contributed by atoms with Crippen molar-refractivity contribution in [3.8, 4) is 11.4 Å². The number of rotatable bonds is 5. The predicted molar refractivity (Wildman–Crippen MR) is 114 cm³/mol. The van der Waals surface area contributed by atoms with Gasteiger partial charge in [-0.3, -0.25) is 14.2 Å². The number of thioether (sulfide) groups is 1. The summed E-state index contributed by atoms with van der Waals surface area (Å²) in [5, 5.41) is 1.06. The predicted octanol–water partition coefficient (Wildman–Crippen LogP) is 2.88. The van der Waals surface area contributed by atoms with Crippen LogP contribution in [-0.2, 0) is 22.6 Å². The Balaban J connectivity index is 1.95. The van der Waals surface area contributed by atoms with Gasteiger partial charge in [-0.1, -0.05) is 11.8 Å². The summed E-state index contributed by atoms with van der Waals surface area (Å²) in [6, 6.07) is 7.17. The molecule has 0 radical (unpaired) electrons. The average Bonchev–Trinajstić information content (AvgIpc) is 3.03. The summed E-state index contributed by atoms with van der Waals surface area (Å²) in [6.45, 7) is 4.51. The molecular formula is C20H21N3O4S2. The van der Waals surface area contributed by atoms with E-state index in [0.29, 0.717) is 39.8 Å². The molecule has 0 atom stereocenters. The lowest BCUT2D eigenvalue weighted by Gasteiger charge is -2.29. The van der Waals surface area contributed by atoms with E-state index in [2.05, 4.69) is 0 Å². The minimum atomic E-state index is -0.466. The first kappa shape index (κ1) is 19.9. The molecule has 152 valence electrons. The topological polar surface area (TPSA) is 96.4 Å². The maximum atomic E-state index is 13.6. The van der Waals surface area contributed by atoms with Crippen LogP contribution in [0, 0.1) is 0 Å². The van der Waals surface area contributed by atoms with E-state index in [-0.39, 0.29) is 16.9 Å². The number of ether oxygens (including phenoxy) is 2. The normalized spacial score (nSPS) is 15.3. The number of hydrogen-bond donors (Lipinski definition) is 1. The third-order valence-corrected chi connectivity index (χ3v) is 6.81. The summed E-state index contributed by atoms with van der Waals surface area (Å²) in [5.74, 6) is 0.259. The van der Waals surface area contributed by atoms with E-state index in [0.717, 1.165) is 22.2 Å². The van der Waals surface area contributed by atoms with Gasteiger partial charge >= 0.3 is 0 Å². The molecule has 0 fully saturated rings. The van der Waals surface area contributed by atoms with Crippen LogP contribution in [0.25, 0.3) is 15.9 Å². The van der Waals surface area contributed by atoms with E-state index in [9.17, 15) is 9.59 Å². The number of fused-ring (bicyclic) bond motifs is 3. The van der Waals surface area contributed by atoms with Crippen molar-refractivity contribution < 1.29 is 14.3 Å². The van der Waals surface area contributed by atoms with Gasteiger partial charge in [0.1, 0.15) is 10.6 Å². The Labute approximate surface area is 175 Å². The molecule has 1 aromatic carbocycles. The fourth-order valence-corrected chi connectivity index (χ4v) is 5.26. The number of nitrogens with zero attached hydrogens (tertiary/aromatic N) is 2. The largest absolute Gasteiger partial charge is 0.497 e. The molecule has 0 unspecified atom stereocenters. The van der Waals surface area contributed by atoms with Crippen LogP contribution < -0.4 is 16.0 Å². The van der Waals surface area contributed by atoms with Gasteiger partial charge in [-0.15, -0.1) is 11.3 Å². The van der Waals surface area contributed by atoms with E-state index in [4.69, 9.17) is 20.2 Å². The second-order valence-electron chi connectivity index (χ2n) is 7.40. The fourth-order valence-electron chi connectivity index (χ4n) is 3.37. The minimum Gasteiger partial charge on any atom is -0.497 e. The van der Waals surface area contributed by atoms with Gasteiger partial charge < -0.3 is 15.2 Å². The number of carbonyl (C=O) groups is 1. The first-order chi connectivity index (χ1) is 13.8. The fraction of sp³-hybridized carbons (Fsp3) is 0.350. The van der Waals surface area contributed by atoms with E-state index in [1.54, 1.807) is 35.9 Å². The van der Waals surface area contributed by atoms with Crippen molar-refractivity contribution in [3.05, 3.63) is 45.1 Å². The summed E-state index contributed by atoms with van der Waals surface area (Å²) in [7, 11) is 1.59. The molecule has 7 nitrogen and oxygen atoms in total. The molecule has 9 heteroatoms. The van der Waals surface area contributed by atoms with Crippen LogP contribution in [0.15, 0.2) is 34.2 Å². The van der Waals surface area contributed by atoms with Crippen LogP contribution in [0.2, 0.25) is 0 Å². The third-order valence-electron chi connectivity index (χ3n) is 4.75. The van der Waals surface area contributed by atoms with Crippen molar-refractivity contribution >= 4 is 39.2 Å². The first-order valence-electron chi connectivity index (χ1n) is 9.06. The van der Waals surface area contributed by atoms with Crippen molar-refractivity contribution in [2.45, 2.75) is 37.6 Å². The van der Waals surface area contributed by atoms with Crippen LogP contribution in [0.1, 0.15) is 24.3 Å². The molecular weight excluding hydrogens is 410 g/mol. The van der Waals surface area contributed by atoms with E-state index >= 15 is 0 Å². The van der Waals surface area contributed by atoms with E-state index in [1.807, 2.05) is 13.8 Å². The molecule has 3 heterocycles. The van der Waals surface area contributed by atoms with E-state index < -0.39 is 5.91 Å². The number of aromatic nitrogens is 2. The number of carbonyl (C=O) groups excluding carboxylic acids is 1. The summed E-state index contributed by atoms with van der Waals surface area (Å²) in [4.78, 5) is 31.4. The molecule has 2 aromatic heterocycles. The molecule has 1 aliphatic heterocycles. The van der Waals surface area contributed by atoms with Crippen LogP contribution in [0.5, 0.6) is 5.75 Å². The van der Waals surface area contributed by atoms with Crippen LogP contribution in [-0.4, -0.2) is 33.9 Å². The summed E-state index contributed by atoms with van der Waals surface area (Å²) in [6.07, 6.45) is 0.648. The smallest absolute Gasteiger partial charge is 0.267 e. The third kappa shape index (κ3) is 3.77. The molecule has 1 aliphatic rings. The quantitative estimate of drug-likeness (QED) is 0.493. The molecule has 0 saturated heterocycles. The Morgan fingerprint density at radius 1 is 1.38 bits per heavy atom. The summed E-state index contributed by atoms with van der Waals surface area (Å²) in [5.41, 5.74) is 6.50. The standard InChI is InChI=1S/C20H21N3O4S2/c1-20(2)8-13-14(9-27-20)29-17-16(13)18(25)23(19(22-17)28-10-15(21)24)11-4-6-12(26-3)7-5-11/h4-7H,8-10H2,1-3H3,(H2,21,24). The van der Waals surface area contributed by atoms with Crippen molar-refractivity contribution in [2.75, 3.05) is 12.9 Å². The monoisotopic (exact) mass is 431 g/mol. The van der Waals surface area contributed by atoms with Crippen LogP contribution >= 0.6 is 23.1 Å². The summed E-state index contributed by atoms with van der Waals surface area (Å²) >= 11 is 2.63. The first-order valence-corrected chi connectivity index (χ1v) is 10.9. The van der Waals surface area contributed by atoms with Gasteiger partial charge in [-0.05, 0) is 43.7 Å². The van der Waals surface area contributed by atoms with Gasteiger partial charge in [0.15, 0.2) is 5.16 Å². The lowest BCUT2D eigenvalue weighted by atomic mass is 9.94. The molecule has 1 amide bonds. The second-order valence-corrected chi connectivity index (χ2v) is 9.42. The molecule has 4 rings (SSSR count). The van der Waals surface area contributed by atoms with Gasteiger partial charge in [0, 0.05) is 11.3 Å². The van der Waals surface area contributed by atoms with Crippen LogP contribution in [0.4, 0.5) is 0 Å². The average molecular weight is 432 g/mol. The highest BCUT2D eigenvalue weighted by molar-refractivity contribution is 7.99. The Bertz CT molecular complexity index is 1150. The highest BCUT2D eigenvalue weighted by atomic mass is 32.2. The van der Waals surface area contributed by atoms with Gasteiger partial charge in [-0.2, -0.15) is 0 Å². The lowest BCUT2D eigenvalue weighted by Crippen LogP contribution is -2.32. The molecule has 29 heavy (non-hydrogen) atoms. The number of methoxy groups -OCH3 is 1. The van der Waals surface area contributed by atoms with Gasteiger partial charge in [0.05, 0.1) is 36.1 Å². The van der Waals surface area contributed by atoms with Crippen molar-refractivity contribution in [3.63, 3.8) is 0 Å². The SMILES string of the molecule is COc1ccc(-n2c(SCC(N)=O)nc3sc4c(c3c2=O)CC(C)(C)OC4)cc1. The molecule has 0 saturated carbocycles. The Morgan fingerprint density at radius 2 is 2.10 bits per heavy atom. The highest BCUT2D eigenvalue weighted by Crippen LogP contribution is 2.37. The maximum absolute atomic E-state index is 13.6. The molecule has 0 bridgehead atoms. The number of amides is 1. The number of nitrogens with two attached hydrogens (primary N) is 1. The molecule has 3 aromatic rings. The number of primary amides is 1. The highest BCUT2D eigenvalue weighted by Gasteiger charge is 2.31. The van der Waals surface area contributed by atoms with Gasteiger partial charge in [0.25, 0.3) is 5.56 Å². The number of hydrogen-bond acceptors (Lipinski definition) is 7. The zero-order valence-electron chi connectivity index (χ0n) is 16.4. The summed E-state index contributed by atoms with van der Waals surface area (Å²) < 4.78 is 12.7. The minimum absolute atomic E-state index is 0.0370. The van der Waals surface area contributed by atoms with Crippen molar-refractivity contribution in [1.29, 1.82) is 0 Å². The number of benzene rings is 1. The van der Waals surface area contributed by atoms with Gasteiger partial charge in [-0.25, -0.2) is 4.98 Å². The Kier molecular flexibility index (Phi) is 5.14. The van der Waals surface area contributed by atoms with Crippen molar-refractivity contribution in [1.82, 2.24) is 9.55 Å². The Morgan fingerprint density at radius 3 is 2.76 bits per heavy atom.